The van der Waals surface area contributed by atoms with Crippen LogP contribution in [-0.2, 0) is 23.7 Å². The van der Waals surface area contributed by atoms with Crippen LogP contribution in [0.4, 0.5) is 0 Å². The first-order valence-corrected chi connectivity index (χ1v) is 16.2. The van der Waals surface area contributed by atoms with Gasteiger partial charge in [0.1, 0.15) is 11.4 Å². The molecule has 0 aromatic carbocycles. The number of ketones is 1. The Kier molecular flexibility index (Phi) is 9.03. The lowest BCUT2D eigenvalue weighted by Gasteiger charge is -2.48. The van der Waals surface area contributed by atoms with Crippen molar-refractivity contribution in [2.24, 2.45) is 41.4 Å². The van der Waals surface area contributed by atoms with Crippen LogP contribution in [0, 0.1) is 41.4 Å². The first kappa shape index (κ1) is 32.3. The van der Waals surface area contributed by atoms with Crippen LogP contribution in [0.3, 0.4) is 0 Å². The third-order valence-corrected chi connectivity index (χ3v) is 11.9. The van der Waals surface area contributed by atoms with Crippen molar-refractivity contribution in [3.63, 3.8) is 0 Å². The van der Waals surface area contributed by atoms with Crippen molar-refractivity contribution in [1.29, 1.82) is 0 Å². The molecule has 4 fully saturated rings. The molecule has 0 radical (unpaired) electrons. The molecule has 0 aromatic heterocycles. The van der Waals surface area contributed by atoms with Gasteiger partial charge in [-0.25, -0.2) is 0 Å². The maximum Gasteiger partial charge on any atom is 0.201 e. The Morgan fingerprint density at radius 2 is 1.55 bits per heavy atom. The second-order valence-electron chi connectivity index (χ2n) is 14.5. The van der Waals surface area contributed by atoms with E-state index in [4.69, 9.17) is 18.9 Å². The lowest BCUT2D eigenvalue weighted by molar-refractivity contribution is -0.306. The van der Waals surface area contributed by atoms with Crippen LogP contribution < -0.4 is 0 Å². The zero-order valence-corrected chi connectivity index (χ0v) is 27.0. The van der Waals surface area contributed by atoms with Crippen molar-refractivity contribution in [2.75, 3.05) is 0 Å². The molecule has 2 N–H and O–H groups in total. The van der Waals surface area contributed by atoms with Crippen LogP contribution in [-0.4, -0.2) is 63.2 Å². The summed E-state index contributed by atoms with van der Waals surface area (Å²) >= 11 is 0. The minimum absolute atomic E-state index is 0.00138. The second-order valence-corrected chi connectivity index (χ2v) is 14.5. The van der Waals surface area contributed by atoms with Gasteiger partial charge in [-0.1, -0.05) is 62.3 Å². The molecular weight excluding hydrogens is 508 g/mol. The van der Waals surface area contributed by atoms with E-state index in [1.807, 2.05) is 34.6 Å². The highest BCUT2D eigenvalue weighted by atomic mass is 16.8. The normalized spacial score (nSPS) is 50.1. The standard InChI is InChI=1S/C33H58O7/c1-12-25(27(35)22(8)26(34)23(9)28-18(4)15-20(6)32(36,14-3)39-28)29-19(5)16-30(11,38-29)33-21(7)17-31(13-2,40-33)24(10)37-33/h18-26,28-29,34,36H,12-17H2,1-11H3/t18-,19-,20-,21?,22-,23-,24?,25+,26+,28-,29-,30-,31?,32-,33?/m0/s1. The van der Waals surface area contributed by atoms with E-state index in [2.05, 4.69) is 41.5 Å². The van der Waals surface area contributed by atoms with E-state index in [1.165, 1.54) is 0 Å². The molecular formula is C33H58O7. The van der Waals surface area contributed by atoms with Crippen LogP contribution in [0.1, 0.15) is 115 Å². The fourth-order valence-electron chi connectivity index (χ4n) is 9.16. The van der Waals surface area contributed by atoms with Gasteiger partial charge in [-0.15, -0.1) is 0 Å². The molecule has 4 rings (SSSR count). The predicted octanol–water partition coefficient (Wildman–Crippen LogP) is 5.88. The first-order chi connectivity index (χ1) is 18.5. The molecule has 232 valence electrons. The summed E-state index contributed by atoms with van der Waals surface area (Å²) in [5.74, 6) is -2.67. The molecule has 0 amide bonds. The Morgan fingerprint density at radius 3 is 2.10 bits per heavy atom. The number of rotatable bonds is 10. The highest BCUT2D eigenvalue weighted by molar-refractivity contribution is 5.84. The molecule has 7 heteroatoms. The fraction of sp³-hybridized carbons (Fsp3) is 0.970. The summed E-state index contributed by atoms with van der Waals surface area (Å²) in [6.45, 7) is 22.6. The van der Waals surface area contributed by atoms with Gasteiger partial charge in [-0.3, -0.25) is 4.79 Å². The lowest BCUT2D eigenvalue weighted by atomic mass is 9.73. The van der Waals surface area contributed by atoms with Gasteiger partial charge in [-0.2, -0.15) is 0 Å². The van der Waals surface area contributed by atoms with Crippen molar-refractivity contribution in [2.45, 2.75) is 162 Å². The molecule has 4 heterocycles. The largest absolute Gasteiger partial charge is 0.392 e. The first-order valence-electron chi connectivity index (χ1n) is 16.2. The molecule has 7 nitrogen and oxygen atoms in total. The number of hydrogen-bond donors (Lipinski definition) is 2. The SMILES string of the molecule is CC[C@H](C(=O)[C@@H](C)[C@@H](O)[C@H](C)[C@H]1O[C@@](O)(CC)[C@@H](C)C[C@@H]1C)[C@H]1O[C@](C)(C23OC(C)C(CC)(CC2C)O3)C[C@@H]1C. The number of fused-ring (bicyclic) bond motifs is 2. The number of hydrogen-bond acceptors (Lipinski definition) is 7. The fourth-order valence-corrected chi connectivity index (χ4v) is 9.16. The molecule has 2 bridgehead atoms. The zero-order valence-electron chi connectivity index (χ0n) is 27.0. The number of ether oxygens (including phenoxy) is 4. The van der Waals surface area contributed by atoms with Crippen molar-refractivity contribution in [1.82, 2.24) is 0 Å². The lowest BCUT2D eigenvalue weighted by Crippen LogP contribution is -2.57. The maximum absolute atomic E-state index is 14.1. The average Bonchev–Trinajstić information content (AvgIpc) is 3.51. The van der Waals surface area contributed by atoms with E-state index >= 15 is 0 Å². The molecule has 4 aliphatic heterocycles. The van der Waals surface area contributed by atoms with E-state index in [1.54, 1.807) is 0 Å². The number of aliphatic hydroxyl groups is 2. The zero-order chi connectivity index (χ0) is 30.0. The summed E-state index contributed by atoms with van der Waals surface area (Å²) in [4.78, 5) is 14.1. The van der Waals surface area contributed by atoms with E-state index in [-0.39, 0.29) is 65.2 Å². The summed E-state index contributed by atoms with van der Waals surface area (Å²) in [6.07, 6.45) is 3.08. The molecule has 0 saturated carbocycles. The van der Waals surface area contributed by atoms with E-state index in [0.717, 1.165) is 25.7 Å². The van der Waals surface area contributed by atoms with Crippen LogP contribution in [0.5, 0.6) is 0 Å². The second kappa shape index (κ2) is 11.2. The third kappa shape index (κ3) is 4.83. The maximum atomic E-state index is 14.1. The Balaban J connectivity index is 1.50. The Hall–Kier alpha value is -0.570. The molecule has 4 aliphatic rings. The Morgan fingerprint density at radius 1 is 0.900 bits per heavy atom. The van der Waals surface area contributed by atoms with Gasteiger partial charge in [0.05, 0.1) is 30.0 Å². The molecule has 40 heavy (non-hydrogen) atoms. The summed E-state index contributed by atoms with van der Waals surface area (Å²) in [6, 6.07) is 0. The minimum atomic E-state index is -1.20. The quantitative estimate of drug-likeness (QED) is 0.341. The topological polar surface area (TPSA) is 94.5 Å². The van der Waals surface area contributed by atoms with Gasteiger partial charge in [0.25, 0.3) is 0 Å². The van der Waals surface area contributed by atoms with Gasteiger partial charge >= 0.3 is 0 Å². The highest BCUT2D eigenvalue weighted by Gasteiger charge is 2.73. The summed E-state index contributed by atoms with van der Waals surface area (Å²) in [5, 5.41) is 22.6. The highest BCUT2D eigenvalue weighted by Crippen LogP contribution is 2.62. The van der Waals surface area contributed by atoms with Crippen molar-refractivity contribution < 1.29 is 34.0 Å². The van der Waals surface area contributed by atoms with Gasteiger partial charge < -0.3 is 29.2 Å². The molecule has 4 saturated heterocycles. The third-order valence-electron chi connectivity index (χ3n) is 11.9. The Bertz CT molecular complexity index is 926. The van der Waals surface area contributed by atoms with Gasteiger partial charge in [0, 0.05) is 29.6 Å². The van der Waals surface area contributed by atoms with Crippen molar-refractivity contribution >= 4 is 5.78 Å². The van der Waals surface area contributed by atoms with Crippen molar-refractivity contribution in [3.8, 4) is 0 Å². The summed E-state index contributed by atoms with van der Waals surface area (Å²) < 4.78 is 26.6. The Labute approximate surface area is 243 Å². The van der Waals surface area contributed by atoms with E-state index < -0.39 is 29.2 Å². The summed E-state index contributed by atoms with van der Waals surface area (Å²) in [5.41, 5.74) is -0.935. The van der Waals surface area contributed by atoms with Crippen LogP contribution in [0.25, 0.3) is 0 Å². The van der Waals surface area contributed by atoms with E-state index in [9.17, 15) is 15.0 Å². The number of carbonyl (C=O) groups is 1. The predicted molar refractivity (Wildman–Crippen MR) is 154 cm³/mol. The number of carbonyl (C=O) groups excluding carboxylic acids is 1. The van der Waals surface area contributed by atoms with Gasteiger partial charge in [0.2, 0.25) is 5.79 Å². The summed E-state index contributed by atoms with van der Waals surface area (Å²) in [7, 11) is 0. The van der Waals surface area contributed by atoms with Crippen LogP contribution in [0.15, 0.2) is 0 Å². The molecule has 0 spiro atoms. The van der Waals surface area contributed by atoms with E-state index in [0.29, 0.717) is 12.8 Å². The van der Waals surface area contributed by atoms with Crippen LogP contribution in [0.2, 0.25) is 0 Å². The minimum Gasteiger partial charge on any atom is -0.392 e. The van der Waals surface area contributed by atoms with Crippen LogP contribution >= 0.6 is 0 Å². The van der Waals surface area contributed by atoms with Gasteiger partial charge in [-0.05, 0) is 64.2 Å². The molecule has 0 aliphatic carbocycles. The smallest absolute Gasteiger partial charge is 0.201 e. The van der Waals surface area contributed by atoms with Gasteiger partial charge in [0.15, 0.2) is 5.79 Å². The van der Waals surface area contributed by atoms with Crippen molar-refractivity contribution in [3.05, 3.63) is 0 Å². The average molecular weight is 567 g/mol. The molecule has 0 aromatic rings. The molecule has 15 atom stereocenters. The monoisotopic (exact) mass is 566 g/mol. The number of Topliss-reactive ketones (excluding diaryl/α,β-unsaturated/α-hetero) is 1. The number of aliphatic hydroxyl groups excluding tert-OH is 1. The molecule has 4 unspecified atom stereocenters.